The van der Waals surface area contributed by atoms with Crippen molar-refractivity contribution in [3.05, 3.63) is 59.7 Å². The Morgan fingerprint density at radius 3 is 1.84 bits per heavy atom. The van der Waals surface area contributed by atoms with Crippen molar-refractivity contribution in [1.29, 1.82) is 0 Å². The summed E-state index contributed by atoms with van der Waals surface area (Å²) >= 11 is 0. The molecule has 1 fully saturated rings. The van der Waals surface area contributed by atoms with E-state index in [4.69, 9.17) is 9.47 Å². The number of ether oxygens (including phenoxy) is 2. The molecule has 1 saturated heterocycles. The lowest BCUT2D eigenvalue weighted by Gasteiger charge is -2.38. The molecular weight excluding hydrogens is 402 g/mol. The fourth-order valence-electron chi connectivity index (χ4n) is 4.36. The van der Waals surface area contributed by atoms with Crippen LogP contribution in [0, 0.1) is 0 Å². The number of methoxy groups -OCH3 is 2. The zero-order valence-corrected chi connectivity index (χ0v) is 20.0. The maximum absolute atomic E-state index is 13.1. The van der Waals surface area contributed by atoms with E-state index < -0.39 is 0 Å². The van der Waals surface area contributed by atoms with E-state index in [1.54, 1.807) is 14.2 Å². The minimum absolute atomic E-state index is 0.0235. The number of hydrogen-bond acceptors (Lipinski definition) is 5. The van der Waals surface area contributed by atoms with Gasteiger partial charge in [0.2, 0.25) is 5.91 Å². The van der Waals surface area contributed by atoms with Gasteiger partial charge in [0.25, 0.3) is 0 Å². The molecule has 2 aromatic carbocycles. The number of carbonyl (C=O) groups excluding carboxylic acids is 1. The zero-order chi connectivity index (χ0) is 23.1. The molecule has 0 unspecified atom stereocenters. The second-order valence-electron chi connectivity index (χ2n) is 8.82. The summed E-state index contributed by atoms with van der Waals surface area (Å²) in [6.45, 7) is 7.06. The fourth-order valence-corrected chi connectivity index (χ4v) is 4.36. The maximum atomic E-state index is 13.1. The lowest BCUT2D eigenvalue weighted by molar-refractivity contribution is -0.123. The van der Waals surface area contributed by atoms with Gasteiger partial charge in [0, 0.05) is 12.1 Å². The molecule has 0 spiro atoms. The molecule has 174 valence electrons. The van der Waals surface area contributed by atoms with Crippen molar-refractivity contribution in [3.63, 3.8) is 0 Å². The largest absolute Gasteiger partial charge is 0.497 e. The van der Waals surface area contributed by atoms with Gasteiger partial charge in [-0.25, -0.2) is 0 Å². The Bertz CT molecular complexity index is 796. The Hall–Kier alpha value is -2.57. The van der Waals surface area contributed by atoms with Gasteiger partial charge in [0.15, 0.2) is 0 Å². The van der Waals surface area contributed by atoms with E-state index in [1.165, 1.54) is 0 Å². The molecule has 1 heterocycles. The van der Waals surface area contributed by atoms with Crippen LogP contribution >= 0.6 is 0 Å². The minimum Gasteiger partial charge on any atom is -0.497 e. The van der Waals surface area contributed by atoms with Crippen LogP contribution in [0.15, 0.2) is 48.5 Å². The summed E-state index contributed by atoms with van der Waals surface area (Å²) in [5, 5.41) is 3.25. The van der Waals surface area contributed by atoms with Gasteiger partial charge in [-0.2, -0.15) is 0 Å². The first-order valence-corrected chi connectivity index (χ1v) is 11.4. The van der Waals surface area contributed by atoms with Crippen LogP contribution in [0.1, 0.15) is 43.9 Å². The third-order valence-electron chi connectivity index (χ3n) is 6.45. The number of carbonyl (C=O) groups is 1. The zero-order valence-electron chi connectivity index (χ0n) is 20.0. The Labute approximate surface area is 192 Å². The molecule has 0 aliphatic carbocycles. The Morgan fingerprint density at radius 1 is 0.969 bits per heavy atom. The van der Waals surface area contributed by atoms with Crippen molar-refractivity contribution >= 4 is 5.91 Å². The molecule has 6 heteroatoms. The van der Waals surface area contributed by atoms with E-state index in [2.05, 4.69) is 36.0 Å². The molecule has 0 saturated carbocycles. The molecule has 6 nitrogen and oxygen atoms in total. The van der Waals surface area contributed by atoms with Gasteiger partial charge in [-0.3, -0.25) is 9.69 Å². The summed E-state index contributed by atoms with van der Waals surface area (Å²) in [5.41, 5.74) is 2.02. The van der Waals surface area contributed by atoms with Gasteiger partial charge in [0.05, 0.1) is 26.8 Å². The highest BCUT2D eigenvalue weighted by Gasteiger charge is 2.25. The van der Waals surface area contributed by atoms with Crippen molar-refractivity contribution in [2.75, 3.05) is 40.9 Å². The number of hydrogen-bond donors (Lipinski definition) is 1. The van der Waals surface area contributed by atoms with Crippen molar-refractivity contribution in [2.45, 2.75) is 44.8 Å². The van der Waals surface area contributed by atoms with Gasteiger partial charge >= 0.3 is 0 Å². The third kappa shape index (κ3) is 6.24. The van der Waals surface area contributed by atoms with Gasteiger partial charge in [0.1, 0.15) is 11.5 Å². The molecule has 2 aromatic rings. The van der Waals surface area contributed by atoms with E-state index in [0.717, 1.165) is 48.6 Å². The Kier molecular flexibility index (Phi) is 8.53. The van der Waals surface area contributed by atoms with Crippen molar-refractivity contribution in [2.24, 2.45) is 0 Å². The van der Waals surface area contributed by atoms with Crippen LogP contribution in [0.25, 0.3) is 0 Å². The van der Waals surface area contributed by atoms with Crippen molar-refractivity contribution < 1.29 is 14.3 Å². The van der Waals surface area contributed by atoms with Gasteiger partial charge in [-0.05, 0) is 82.2 Å². The quantitative estimate of drug-likeness (QED) is 0.646. The number of likely N-dealkylation sites (N-methyl/N-ethyl adjacent to an activating group) is 1. The monoisotopic (exact) mass is 439 g/mol. The summed E-state index contributed by atoms with van der Waals surface area (Å²) in [7, 11) is 5.36. The SMILES string of the molecule is COc1ccc(C(NC(=O)CN(C)C2CCN(C(C)C)CC2)c2ccc(OC)cc2)cc1. The topological polar surface area (TPSA) is 54.0 Å². The molecule has 0 radical (unpaired) electrons. The molecule has 1 N–H and O–H groups in total. The lowest BCUT2D eigenvalue weighted by atomic mass is 9.98. The van der Waals surface area contributed by atoms with Gasteiger partial charge in [-0.15, -0.1) is 0 Å². The Balaban J connectivity index is 1.68. The average molecular weight is 440 g/mol. The second-order valence-corrected chi connectivity index (χ2v) is 8.82. The highest BCUT2D eigenvalue weighted by Crippen LogP contribution is 2.26. The van der Waals surface area contributed by atoms with Crippen LogP contribution in [0.4, 0.5) is 0 Å². The van der Waals surface area contributed by atoms with E-state index >= 15 is 0 Å². The number of nitrogens with zero attached hydrogens (tertiary/aromatic N) is 2. The predicted molar refractivity (Wildman–Crippen MR) is 128 cm³/mol. The molecule has 1 amide bonds. The number of benzene rings is 2. The molecular formula is C26H37N3O3. The van der Waals surface area contributed by atoms with E-state index in [0.29, 0.717) is 18.6 Å². The van der Waals surface area contributed by atoms with Crippen LogP contribution in [-0.4, -0.2) is 68.7 Å². The van der Waals surface area contributed by atoms with Crippen molar-refractivity contribution in [1.82, 2.24) is 15.1 Å². The Morgan fingerprint density at radius 2 is 1.44 bits per heavy atom. The number of piperidine rings is 1. The number of amides is 1. The molecule has 32 heavy (non-hydrogen) atoms. The molecule has 0 atom stereocenters. The summed E-state index contributed by atoms with van der Waals surface area (Å²) in [4.78, 5) is 17.8. The predicted octanol–water partition coefficient (Wildman–Crippen LogP) is 3.71. The third-order valence-corrected chi connectivity index (χ3v) is 6.45. The molecule has 0 aromatic heterocycles. The first-order valence-electron chi connectivity index (χ1n) is 11.4. The number of nitrogens with one attached hydrogen (secondary N) is 1. The van der Waals surface area contributed by atoms with E-state index in [-0.39, 0.29) is 11.9 Å². The number of likely N-dealkylation sites (tertiary alicyclic amines) is 1. The molecule has 1 aliphatic rings. The van der Waals surface area contributed by atoms with Gasteiger partial charge in [-0.1, -0.05) is 24.3 Å². The smallest absolute Gasteiger partial charge is 0.234 e. The van der Waals surface area contributed by atoms with Crippen LogP contribution in [-0.2, 0) is 4.79 Å². The second kappa shape index (κ2) is 11.3. The van der Waals surface area contributed by atoms with E-state index in [9.17, 15) is 4.79 Å². The van der Waals surface area contributed by atoms with Crippen LogP contribution in [0.2, 0.25) is 0 Å². The van der Waals surface area contributed by atoms with Crippen LogP contribution in [0.3, 0.4) is 0 Å². The normalized spacial score (nSPS) is 15.4. The van der Waals surface area contributed by atoms with Crippen molar-refractivity contribution in [3.8, 4) is 11.5 Å². The summed E-state index contributed by atoms with van der Waals surface area (Å²) in [6.07, 6.45) is 2.20. The highest BCUT2D eigenvalue weighted by atomic mass is 16.5. The maximum Gasteiger partial charge on any atom is 0.234 e. The summed E-state index contributed by atoms with van der Waals surface area (Å²) < 4.78 is 10.6. The van der Waals surface area contributed by atoms with E-state index in [1.807, 2.05) is 48.5 Å². The van der Waals surface area contributed by atoms with Gasteiger partial charge < -0.3 is 19.7 Å². The van der Waals surface area contributed by atoms with Crippen LogP contribution < -0.4 is 14.8 Å². The average Bonchev–Trinajstić information content (AvgIpc) is 2.82. The fraction of sp³-hybridized carbons (Fsp3) is 0.500. The molecule has 1 aliphatic heterocycles. The molecule has 0 bridgehead atoms. The molecule has 3 rings (SSSR count). The van der Waals surface area contributed by atoms with Crippen LogP contribution in [0.5, 0.6) is 11.5 Å². The standard InChI is InChI=1S/C26H37N3O3/c1-19(2)29-16-14-22(15-17-29)28(3)18-25(30)27-26(20-6-10-23(31-4)11-7-20)21-8-12-24(32-5)13-9-21/h6-13,19,22,26H,14-18H2,1-5H3,(H,27,30). The number of rotatable bonds is 9. The minimum atomic E-state index is -0.240. The first kappa shape index (κ1) is 24.1. The lowest BCUT2D eigenvalue weighted by Crippen LogP contribution is -2.48. The summed E-state index contributed by atoms with van der Waals surface area (Å²) in [6, 6.07) is 16.5. The highest BCUT2D eigenvalue weighted by molar-refractivity contribution is 5.79. The summed E-state index contributed by atoms with van der Waals surface area (Å²) in [5.74, 6) is 1.61. The first-order chi connectivity index (χ1) is 15.4.